The number of carbonyl (C=O) groups is 1. The van der Waals surface area contributed by atoms with E-state index in [-0.39, 0.29) is 17.8 Å². The Morgan fingerprint density at radius 2 is 2.05 bits per heavy atom. The van der Waals surface area contributed by atoms with Crippen molar-refractivity contribution >= 4 is 17.4 Å². The zero-order valence-electron chi connectivity index (χ0n) is 12.3. The summed E-state index contributed by atoms with van der Waals surface area (Å²) >= 11 is 0. The van der Waals surface area contributed by atoms with E-state index in [1.165, 1.54) is 12.1 Å². The smallest absolute Gasteiger partial charge is 0.319 e. The second-order valence-corrected chi connectivity index (χ2v) is 5.39. The quantitative estimate of drug-likeness (QED) is 0.684. The molecule has 0 spiro atoms. The van der Waals surface area contributed by atoms with Crippen LogP contribution in [0, 0.1) is 10.1 Å². The van der Waals surface area contributed by atoms with Gasteiger partial charge in [0.2, 0.25) is 0 Å². The van der Waals surface area contributed by atoms with Gasteiger partial charge < -0.3 is 15.1 Å². The van der Waals surface area contributed by atoms with E-state index in [1.807, 2.05) is 11.0 Å². The number of urea groups is 1. The van der Waals surface area contributed by atoms with Gasteiger partial charge in [-0.3, -0.25) is 10.1 Å². The van der Waals surface area contributed by atoms with Crippen molar-refractivity contribution in [3.05, 3.63) is 34.4 Å². The number of hydrogen-bond donors (Lipinski definition) is 1. The first-order chi connectivity index (χ1) is 9.97. The van der Waals surface area contributed by atoms with Crippen LogP contribution in [0.5, 0.6) is 0 Å². The van der Waals surface area contributed by atoms with Crippen molar-refractivity contribution in [1.29, 1.82) is 0 Å². The van der Waals surface area contributed by atoms with Gasteiger partial charge >= 0.3 is 6.03 Å². The van der Waals surface area contributed by atoms with Crippen molar-refractivity contribution < 1.29 is 9.72 Å². The molecule has 0 atom stereocenters. The number of nitro groups is 1. The highest BCUT2D eigenvalue weighted by Gasteiger charge is 2.23. The van der Waals surface area contributed by atoms with Crippen LogP contribution in [0.2, 0.25) is 0 Å². The number of anilines is 1. The van der Waals surface area contributed by atoms with Crippen molar-refractivity contribution in [1.82, 2.24) is 9.80 Å². The minimum atomic E-state index is -0.399. The van der Waals surface area contributed by atoms with E-state index in [0.717, 1.165) is 18.5 Å². The molecule has 1 aliphatic rings. The fourth-order valence-electron chi connectivity index (χ4n) is 2.44. The molecule has 0 bridgehead atoms. The van der Waals surface area contributed by atoms with Crippen LogP contribution in [-0.4, -0.2) is 54.0 Å². The van der Waals surface area contributed by atoms with Gasteiger partial charge in [-0.1, -0.05) is 6.07 Å². The first-order valence-corrected chi connectivity index (χ1v) is 6.94. The molecule has 114 valence electrons. The Balaban J connectivity index is 1.90. The molecule has 1 aromatic rings. The third-order valence-corrected chi connectivity index (χ3v) is 3.58. The average molecular weight is 292 g/mol. The topological polar surface area (TPSA) is 78.7 Å². The molecule has 7 nitrogen and oxygen atoms in total. The number of carbonyl (C=O) groups excluding carboxylic acids is 1. The summed E-state index contributed by atoms with van der Waals surface area (Å²) in [5.74, 6) is 0. The minimum absolute atomic E-state index is 0.0313. The molecule has 21 heavy (non-hydrogen) atoms. The summed E-state index contributed by atoms with van der Waals surface area (Å²) in [6.45, 7) is 1.40. The van der Waals surface area contributed by atoms with Crippen LogP contribution in [0.4, 0.5) is 16.2 Å². The fourth-order valence-corrected chi connectivity index (χ4v) is 2.44. The Morgan fingerprint density at radius 1 is 1.38 bits per heavy atom. The molecule has 0 radical (unpaired) electrons. The predicted molar refractivity (Wildman–Crippen MR) is 80.4 cm³/mol. The highest BCUT2D eigenvalue weighted by atomic mass is 16.6. The Morgan fingerprint density at radius 3 is 2.62 bits per heavy atom. The summed E-state index contributed by atoms with van der Waals surface area (Å²) in [6, 6.07) is 6.78. The molecule has 1 saturated heterocycles. The molecule has 1 aromatic carbocycles. The first kappa shape index (κ1) is 15.1. The number of non-ortho nitro benzene ring substituents is 1. The second-order valence-electron chi connectivity index (χ2n) is 5.39. The number of rotatable bonds is 3. The maximum Gasteiger partial charge on any atom is 0.319 e. The molecule has 0 saturated carbocycles. The van der Waals surface area contributed by atoms with Crippen LogP contribution < -0.4 is 5.32 Å². The van der Waals surface area contributed by atoms with Gasteiger partial charge in [0.1, 0.15) is 0 Å². The second kappa shape index (κ2) is 6.43. The number of nitrogens with one attached hydrogen (secondary N) is 1. The number of benzene rings is 1. The lowest BCUT2D eigenvalue weighted by molar-refractivity contribution is -0.384. The van der Waals surface area contributed by atoms with Gasteiger partial charge in [0, 0.05) is 51.0 Å². The third kappa shape index (κ3) is 3.84. The lowest BCUT2D eigenvalue weighted by Gasteiger charge is -2.34. The van der Waals surface area contributed by atoms with Gasteiger partial charge in [0.05, 0.1) is 4.92 Å². The number of likely N-dealkylation sites (tertiary alicyclic amines) is 1. The number of nitro benzene ring substituents is 1. The molecule has 1 N–H and O–H groups in total. The predicted octanol–water partition coefficient (Wildman–Crippen LogP) is 2.15. The Bertz CT molecular complexity index is 525. The molecule has 0 aromatic heterocycles. The summed E-state index contributed by atoms with van der Waals surface area (Å²) in [5.41, 5.74) is 0.835. The van der Waals surface area contributed by atoms with Gasteiger partial charge in [-0.05, 0) is 18.9 Å². The highest BCUT2D eigenvalue weighted by molar-refractivity contribution is 5.73. The van der Waals surface area contributed by atoms with Gasteiger partial charge in [-0.25, -0.2) is 4.79 Å². The summed E-state index contributed by atoms with van der Waals surface area (Å²) < 4.78 is 0. The molecule has 1 aliphatic heterocycles. The zero-order valence-corrected chi connectivity index (χ0v) is 12.3. The summed E-state index contributed by atoms with van der Waals surface area (Å²) in [4.78, 5) is 25.6. The molecule has 2 rings (SSSR count). The zero-order chi connectivity index (χ0) is 15.4. The molecule has 1 heterocycles. The highest BCUT2D eigenvalue weighted by Crippen LogP contribution is 2.21. The van der Waals surface area contributed by atoms with Crippen LogP contribution in [0.1, 0.15) is 12.8 Å². The minimum Gasteiger partial charge on any atom is -0.382 e. The fraction of sp³-hybridized carbons (Fsp3) is 0.500. The lowest BCUT2D eigenvalue weighted by Crippen LogP contribution is -2.46. The van der Waals surface area contributed by atoms with Crippen molar-refractivity contribution in [2.24, 2.45) is 0 Å². The van der Waals surface area contributed by atoms with Crippen LogP contribution >= 0.6 is 0 Å². The van der Waals surface area contributed by atoms with Crippen molar-refractivity contribution in [3.8, 4) is 0 Å². The van der Waals surface area contributed by atoms with Crippen LogP contribution in [0.25, 0.3) is 0 Å². The maximum absolute atomic E-state index is 11.8. The van der Waals surface area contributed by atoms with Crippen molar-refractivity contribution in [2.45, 2.75) is 18.9 Å². The number of piperidine rings is 1. The maximum atomic E-state index is 11.8. The molecule has 7 heteroatoms. The Kier molecular flexibility index (Phi) is 4.62. The lowest BCUT2D eigenvalue weighted by atomic mass is 10.0. The van der Waals surface area contributed by atoms with E-state index in [0.29, 0.717) is 13.1 Å². The normalized spacial score (nSPS) is 15.6. The molecular weight excluding hydrogens is 272 g/mol. The van der Waals surface area contributed by atoms with E-state index >= 15 is 0 Å². The van der Waals surface area contributed by atoms with Crippen LogP contribution in [-0.2, 0) is 0 Å². The number of amides is 2. The van der Waals surface area contributed by atoms with Crippen molar-refractivity contribution in [2.75, 3.05) is 32.5 Å². The average Bonchev–Trinajstić information content (AvgIpc) is 2.47. The van der Waals surface area contributed by atoms with Crippen LogP contribution in [0.3, 0.4) is 0 Å². The van der Waals surface area contributed by atoms with Gasteiger partial charge in [0.25, 0.3) is 5.69 Å². The Labute approximate surface area is 123 Å². The summed E-state index contributed by atoms with van der Waals surface area (Å²) in [5, 5.41) is 14.1. The van der Waals surface area contributed by atoms with Gasteiger partial charge in [-0.2, -0.15) is 0 Å². The number of nitrogens with zero attached hydrogens (tertiary/aromatic N) is 3. The number of hydrogen-bond acceptors (Lipinski definition) is 4. The van der Waals surface area contributed by atoms with E-state index in [1.54, 1.807) is 25.1 Å². The van der Waals surface area contributed by atoms with Gasteiger partial charge in [-0.15, -0.1) is 0 Å². The molecule has 1 fully saturated rings. The summed E-state index contributed by atoms with van der Waals surface area (Å²) in [7, 11) is 3.49. The SMILES string of the molecule is CN(C)C(=O)N1CCC(Nc2cccc([N+](=O)[O-])c2)CC1. The van der Waals surface area contributed by atoms with E-state index in [9.17, 15) is 14.9 Å². The molecule has 0 aliphatic carbocycles. The van der Waals surface area contributed by atoms with E-state index < -0.39 is 4.92 Å². The molecule has 2 amide bonds. The summed E-state index contributed by atoms with van der Waals surface area (Å²) in [6.07, 6.45) is 1.67. The van der Waals surface area contributed by atoms with Crippen LogP contribution in [0.15, 0.2) is 24.3 Å². The largest absolute Gasteiger partial charge is 0.382 e. The van der Waals surface area contributed by atoms with E-state index in [4.69, 9.17) is 0 Å². The van der Waals surface area contributed by atoms with E-state index in [2.05, 4.69) is 5.32 Å². The Hall–Kier alpha value is -2.31. The van der Waals surface area contributed by atoms with Gasteiger partial charge in [0.15, 0.2) is 0 Å². The first-order valence-electron chi connectivity index (χ1n) is 6.94. The monoisotopic (exact) mass is 292 g/mol. The third-order valence-electron chi connectivity index (χ3n) is 3.58. The molecule has 0 unspecified atom stereocenters. The standard InChI is InChI=1S/C14H20N4O3/c1-16(2)14(19)17-8-6-11(7-9-17)15-12-4-3-5-13(10-12)18(20)21/h3-5,10-11,15H,6-9H2,1-2H3. The molecular formula is C14H20N4O3. The van der Waals surface area contributed by atoms with Crippen molar-refractivity contribution in [3.63, 3.8) is 0 Å².